The number of primary amides is 1. The molecular weight excluding hydrogens is 266 g/mol. The van der Waals surface area contributed by atoms with E-state index in [1.165, 1.54) is 0 Å². The summed E-state index contributed by atoms with van der Waals surface area (Å²) in [5.74, 6) is 0.0776. The van der Waals surface area contributed by atoms with Gasteiger partial charge in [0.05, 0.1) is 6.04 Å². The Morgan fingerprint density at radius 1 is 1.43 bits per heavy atom. The molecule has 2 rings (SSSR count). The lowest BCUT2D eigenvalue weighted by Crippen LogP contribution is -2.41. The molecular formula is C16H23N3O2. The molecule has 1 aromatic rings. The third-order valence-corrected chi connectivity index (χ3v) is 3.70. The minimum atomic E-state index is -0.318. The molecule has 114 valence electrons. The zero-order chi connectivity index (χ0) is 15.4. The molecule has 0 aromatic heterocycles. The van der Waals surface area contributed by atoms with Crippen molar-refractivity contribution in [1.29, 1.82) is 0 Å². The number of nitrogens with two attached hydrogens (primary N) is 1. The van der Waals surface area contributed by atoms with E-state index < -0.39 is 0 Å². The number of nitrogens with one attached hydrogen (secondary N) is 2. The highest BCUT2D eigenvalue weighted by molar-refractivity contribution is 5.96. The van der Waals surface area contributed by atoms with Crippen LogP contribution >= 0.6 is 0 Å². The van der Waals surface area contributed by atoms with Crippen LogP contribution in [0.4, 0.5) is 0 Å². The molecule has 0 bridgehead atoms. The number of benzene rings is 1. The van der Waals surface area contributed by atoms with Gasteiger partial charge >= 0.3 is 0 Å². The highest BCUT2D eigenvalue weighted by atomic mass is 16.2. The van der Waals surface area contributed by atoms with Crippen molar-refractivity contribution in [1.82, 2.24) is 10.6 Å². The number of hydrogen-bond donors (Lipinski definition) is 3. The van der Waals surface area contributed by atoms with Crippen LogP contribution in [-0.2, 0) is 17.8 Å². The molecule has 0 radical (unpaired) electrons. The van der Waals surface area contributed by atoms with Crippen molar-refractivity contribution in [2.45, 2.75) is 39.3 Å². The van der Waals surface area contributed by atoms with Crippen molar-refractivity contribution < 1.29 is 9.59 Å². The Morgan fingerprint density at radius 3 is 2.86 bits per heavy atom. The van der Waals surface area contributed by atoms with E-state index in [1.807, 2.05) is 18.2 Å². The summed E-state index contributed by atoms with van der Waals surface area (Å²) in [6.07, 6.45) is 1.57. The smallest absolute Gasteiger partial charge is 0.251 e. The van der Waals surface area contributed by atoms with E-state index in [0.29, 0.717) is 19.0 Å². The average Bonchev–Trinajstić information content (AvgIpc) is 2.43. The summed E-state index contributed by atoms with van der Waals surface area (Å²) in [4.78, 5) is 23.1. The third kappa shape index (κ3) is 4.04. The van der Waals surface area contributed by atoms with E-state index in [4.69, 9.17) is 5.73 Å². The van der Waals surface area contributed by atoms with Crippen molar-refractivity contribution in [2.75, 3.05) is 6.54 Å². The normalized spacial score (nSPS) is 15.5. The van der Waals surface area contributed by atoms with Crippen LogP contribution < -0.4 is 16.4 Å². The van der Waals surface area contributed by atoms with Gasteiger partial charge in [0, 0.05) is 18.7 Å². The summed E-state index contributed by atoms with van der Waals surface area (Å²) in [5.41, 5.74) is 8.31. The third-order valence-electron chi connectivity index (χ3n) is 3.70. The molecule has 0 fully saturated rings. The molecule has 5 nitrogen and oxygen atoms in total. The second-order valence-corrected chi connectivity index (χ2v) is 5.96. The Labute approximate surface area is 125 Å². The predicted octanol–water partition coefficient (Wildman–Crippen LogP) is 0.962. The predicted molar refractivity (Wildman–Crippen MR) is 81.8 cm³/mol. The number of amides is 2. The first-order chi connectivity index (χ1) is 9.97. The first-order valence-electron chi connectivity index (χ1n) is 7.40. The highest BCUT2D eigenvalue weighted by Gasteiger charge is 2.18. The van der Waals surface area contributed by atoms with Crippen LogP contribution in [0.15, 0.2) is 18.2 Å². The van der Waals surface area contributed by atoms with Gasteiger partial charge in [-0.15, -0.1) is 0 Å². The Hall–Kier alpha value is -1.88. The van der Waals surface area contributed by atoms with Gasteiger partial charge in [-0.25, -0.2) is 0 Å². The van der Waals surface area contributed by atoms with Crippen LogP contribution in [0.3, 0.4) is 0 Å². The monoisotopic (exact) mass is 289 g/mol. The Bertz CT molecular complexity index is 540. The molecule has 1 atom stereocenters. The van der Waals surface area contributed by atoms with Gasteiger partial charge < -0.3 is 16.4 Å². The summed E-state index contributed by atoms with van der Waals surface area (Å²) in [5, 5.41) is 6.04. The molecule has 5 heteroatoms. The first-order valence-corrected chi connectivity index (χ1v) is 7.40. The second-order valence-electron chi connectivity index (χ2n) is 5.96. The van der Waals surface area contributed by atoms with E-state index in [-0.39, 0.29) is 17.9 Å². The van der Waals surface area contributed by atoms with E-state index in [9.17, 15) is 9.59 Å². The quantitative estimate of drug-likeness (QED) is 0.729. The summed E-state index contributed by atoms with van der Waals surface area (Å²) in [6.45, 7) is 5.39. The molecule has 0 unspecified atom stereocenters. The van der Waals surface area contributed by atoms with Crippen molar-refractivity contribution >= 4 is 11.8 Å². The van der Waals surface area contributed by atoms with Crippen molar-refractivity contribution in [2.24, 2.45) is 11.7 Å². The minimum absolute atomic E-state index is 0.00872. The maximum atomic E-state index is 11.7. The Kier molecular flexibility index (Phi) is 4.96. The Morgan fingerprint density at radius 2 is 2.19 bits per heavy atom. The van der Waals surface area contributed by atoms with E-state index >= 15 is 0 Å². The molecule has 21 heavy (non-hydrogen) atoms. The number of carbonyl (C=O) groups is 2. The van der Waals surface area contributed by atoms with Gasteiger partial charge in [-0.1, -0.05) is 26.0 Å². The van der Waals surface area contributed by atoms with Crippen LogP contribution in [0.25, 0.3) is 0 Å². The van der Waals surface area contributed by atoms with Gasteiger partial charge in [0.25, 0.3) is 5.91 Å². The van der Waals surface area contributed by atoms with E-state index in [2.05, 4.69) is 24.5 Å². The fourth-order valence-corrected chi connectivity index (χ4v) is 2.60. The van der Waals surface area contributed by atoms with E-state index in [1.54, 1.807) is 0 Å². The maximum absolute atomic E-state index is 11.7. The van der Waals surface area contributed by atoms with Gasteiger partial charge in [-0.3, -0.25) is 9.59 Å². The van der Waals surface area contributed by atoms with Crippen molar-refractivity contribution in [3.8, 4) is 0 Å². The van der Waals surface area contributed by atoms with Gasteiger partial charge in [0.1, 0.15) is 0 Å². The van der Waals surface area contributed by atoms with Crippen LogP contribution in [0.2, 0.25) is 0 Å². The molecule has 4 N–H and O–H groups in total. The standard InChI is InChI=1S/C16H23N3O2/c1-10(2)7-14(15(17)20)19-9-11-3-4-13-12(8-11)5-6-18-16(13)21/h3-4,8,10,14,19H,5-7,9H2,1-2H3,(H2,17,20)(H,18,21)/t14-/m1/s1. The molecule has 0 saturated carbocycles. The van der Waals surface area contributed by atoms with E-state index in [0.717, 1.165) is 29.5 Å². The maximum Gasteiger partial charge on any atom is 0.251 e. The lowest BCUT2D eigenvalue weighted by atomic mass is 9.97. The van der Waals surface area contributed by atoms with Gasteiger partial charge in [0.15, 0.2) is 0 Å². The SMILES string of the molecule is CC(C)C[C@@H](NCc1ccc2c(c1)CCNC2=O)C(N)=O. The fourth-order valence-electron chi connectivity index (χ4n) is 2.60. The summed E-state index contributed by atoms with van der Waals surface area (Å²) < 4.78 is 0. The molecule has 1 aromatic carbocycles. The van der Waals surface area contributed by atoms with Gasteiger partial charge in [-0.05, 0) is 36.0 Å². The average molecular weight is 289 g/mol. The number of carbonyl (C=O) groups excluding carboxylic acids is 2. The lowest BCUT2D eigenvalue weighted by Gasteiger charge is -2.19. The first kappa shape index (κ1) is 15.5. The van der Waals surface area contributed by atoms with Crippen LogP contribution in [0.1, 0.15) is 41.8 Å². The molecule has 0 aliphatic carbocycles. The van der Waals surface area contributed by atoms with Crippen LogP contribution in [0.5, 0.6) is 0 Å². The largest absolute Gasteiger partial charge is 0.368 e. The molecule has 2 amide bonds. The molecule has 1 heterocycles. The summed E-state index contributed by atoms with van der Waals surface area (Å²) in [6, 6.07) is 5.49. The van der Waals surface area contributed by atoms with Crippen LogP contribution in [0, 0.1) is 5.92 Å². The molecule has 0 saturated heterocycles. The minimum Gasteiger partial charge on any atom is -0.368 e. The summed E-state index contributed by atoms with van der Waals surface area (Å²) in [7, 11) is 0. The lowest BCUT2D eigenvalue weighted by molar-refractivity contribution is -0.120. The molecule has 1 aliphatic heterocycles. The zero-order valence-corrected chi connectivity index (χ0v) is 12.6. The topological polar surface area (TPSA) is 84.2 Å². The number of rotatable bonds is 6. The van der Waals surface area contributed by atoms with Crippen LogP contribution in [-0.4, -0.2) is 24.4 Å². The number of fused-ring (bicyclic) bond motifs is 1. The number of hydrogen-bond acceptors (Lipinski definition) is 3. The highest BCUT2D eigenvalue weighted by Crippen LogP contribution is 2.16. The fraction of sp³-hybridized carbons (Fsp3) is 0.500. The Balaban J connectivity index is 2.03. The van der Waals surface area contributed by atoms with Crippen molar-refractivity contribution in [3.63, 3.8) is 0 Å². The summed E-state index contributed by atoms with van der Waals surface area (Å²) >= 11 is 0. The zero-order valence-electron chi connectivity index (χ0n) is 12.6. The van der Waals surface area contributed by atoms with Gasteiger partial charge in [0.2, 0.25) is 5.91 Å². The molecule has 0 spiro atoms. The van der Waals surface area contributed by atoms with Crippen molar-refractivity contribution in [3.05, 3.63) is 34.9 Å². The molecule has 1 aliphatic rings. The van der Waals surface area contributed by atoms with Gasteiger partial charge in [-0.2, -0.15) is 0 Å². The second kappa shape index (κ2) is 6.72.